The number of amides is 1. The zero-order valence-corrected chi connectivity index (χ0v) is 17.7. The van der Waals surface area contributed by atoms with Gasteiger partial charge in [-0.3, -0.25) is 4.79 Å². The van der Waals surface area contributed by atoms with E-state index in [-0.39, 0.29) is 11.8 Å². The van der Waals surface area contributed by atoms with Gasteiger partial charge in [0.05, 0.1) is 7.11 Å². The minimum absolute atomic E-state index is 0.0692. The Balaban J connectivity index is 2.09. The first-order valence-electron chi connectivity index (χ1n) is 11.1. The molecular weight excluding hydrogens is 334 g/mol. The highest BCUT2D eigenvalue weighted by molar-refractivity contribution is 5.76. The third-order valence-electron chi connectivity index (χ3n) is 5.42. The van der Waals surface area contributed by atoms with Crippen molar-refractivity contribution < 1.29 is 9.53 Å². The number of carbonyl (C=O) groups excluding carboxylic acids is 1. The van der Waals surface area contributed by atoms with Gasteiger partial charge < -0.3 is 10.5 Å². The van der Waals surface area contributed by atoms with Gasteiger partial charge in [-0.1, -0.05) is 96.1 Å². The van der Waals surface area contributed by atoms with Crippen molar-refractivity contribution in [1.29, 1.82) is 0 Å². The van der Waals surface area contributed by atoms with Crippen LogP contribution in [-0.2, 0) is 11.2 Å². The van der Waals surface area contributed by atoms with Crippen molar-refractivity contribution in [3.8, 4) is 5.75 Å². The molecule has 0 fully saturated rings. The Morgan fingerprint density at radius 2 is 1.48 bits per heavy atom. The van der Waals surface area contributed by atoms with Crippen molar-refractivity contribution >= 4 is 5.91 Å². The van der Waals surface area contributed by atoms with E-state index in [1.165, 1.54) is 70.6 Å². The van der Waals surface area contributed by atoms with Gasteiger partial charge in [0, 0.05) is 5.92 Å². The van der Waals surface area contributed by atoms with Crippen LogP contribution in [0.15, 0.2) is 24.3 Å². The highest BCUT2D eigenvalue weighted by atomic mass is 16.5. The number of methoxy groups -OCH3 is 1. The topological polar surface area (TPSA) is 52.3 Å². The van der Waals surface area contributed by atoms with Gasteiger partial charge in [0.15, 0.2) is 0 Å². The van der Waals surface area contributed by atoms with Crippen molar-refractivity contribution in [1.82, 2.24) is 0 Å². The van der Waals surface area contributed by atoms with Gasteiger partial charge in [0.25, 0.3) is 0 Å². The predicted octanol–water partition coefficient (Wildman–Crippen LogP) is 6.43. The van der Waals surface area contributed by atoms with E-state index >= 15 is 0 Å². The maximum atomic E-state index is 11.8. The van der Waals surface area contributed by atoms with Gasteiger partial charge >= 0.3 is 0 Å². The lowest BCUT2D eigenvalue weighted by atomic mass is 9.92. The molecule has 27 heavy (non-hydrogen) atoms. The summed E-state index contributed by atoms with van der Waals surface area (Å²) in [6.07, 6.45) is 17.6. The predicted molar refractivity (Wildman–Crippen MR) is 115 cm³/mol. The lowest BCUT2D eigenvalue weighted by molar-refractivity contribution is -0.122. The monoisotopic (exact) mass is 375 g/mol. The summed E-state index contributed by atoms with van der Waals surface area (Å²) in [5.41, 5.74) is 6.75. The number of nitrogens with two attached hydrogens (primary N) is 1. The molecule has 0 radical (unpaired) electrons. The highest BCUT2D eigenvalue weighted by Crippen LogP contribution is 2.20. The fraction of sp³-hybridized carbons (Fsp3) is 0.708. The summed E-state index contributed by atoms with van der Waals surface area (Å²) in [5, 5.41) is 0. The maximum Gasteiger partial charge on any atom is 0.220 e. The largest absolute Gasteiger partial charge is 0.497 e. The molecule has 1 atom stereocenters. The second-order valence-electron chi connectivity index (χ2n) is 7.83. The molecule has 3 nitrogen and oxygen atoms in total. The number of ether oxygens (including phenoxy) is 1. The Bertz CT molecular complexity index is 501. The van der Waals surface area contributed by atoms with Gasteiger partial charge in [-0.25, -0.2) is 0 Å². The Morgan fingerprint density at radius 3 is 2.00 bits per heavy atom. The lowest BCUT2D eigenvalue weighted by Crippen LogP contribution is -2.25. The number of primary amides is 1. The Morgan fingerprint density at radius 1 is 0.926 bits per heavy atom. The van der Waals surface area contributed by atoms with E-state index in [2.05, 4.69) is 6.92 Å². The number of rotatable bonds is 17. The summed E-state index contributed by atoms with van der Waals surface area (Å²) in [5.74, 6) is 0.585. The van der Waals surface area contributed by atoms with E-state index in [1.807, 2.05) is 24.3 Å². The van der Waals surface area contributed by atoms with Crippen LogP contribution in [0.25, 0.3) is 0 Å². The number of benzene rings is 1. The Labute approximate surface area is 167 Å². The van der Waals surface area contributed by atoms with Crippen LogP contribution in [0.1, 0.15) is 96.0 Å². The number of hydrogen-bond acceptors (Lipinski definition) is 2. The smallest absolute Gasteiger partial charge is 0.220 e. The molecule has 1 rings (SSSR count). The van der Waals surface area contributed by atoms with Gasteiger partial charge in [-0.05, 0) is 30.5 Å². The molecule has 0 aliphatic heterocycles. The van der Waals surface area contributed by atoms with E-state index in [1.54, 1.807) is 7.11 Å². The van der Waals surface area contributed by atoms with Gasteiger partial charge in [-0.15, -0.1) is 0 Å². The molecule has 0 saturated heterocycles. The molecule has 0 aliphatic carbocycles. The SMILES string of the molecule is CCCCCCCCCCCCCCC(Cc1cccc(OC)c1)C(N)=O. The summed E-state index contributed by atoms with van der Waals surface area (Å²) in [6, 6.07) is 7.93. The minimum atomic E-state index is -0.180. The average molecular weight is 376 g/mol. The summed E-state index contributed by atoms with van der Waals surface area (Å²) >= 11 is 0. The zero-order chi connectivity index (χ0) is 19.7. The van der Waals surface area contributed by atoms with Gasteiger partial charge in [-0.2, -0.15) is 0 Å². The van der Waals surface area contributed by atoms with Crippen LogP contribution in [-0.4, -0.2) is 13.0 Å². The molecule has 2 N–H and O–H groups in total. The first-order valence-corrected chi connectivity index (χ1v) is 11.1. The van der Waals surface area contributed by atoms with Crippen molar-refractivity contribution in [3.05, 3.63) is 29.8 Å². The van der Waals surface area contributed by atoms with Crippen LogP contribution in [0.5, 0.6) is 5.75 Å². The standard InChI is InChI=1S/C24H41NO2/c1-3-4-5-6-7-8-9-10-11-12-13-14-17-22(24(25)26)19-21-16-15-18-23(20-21)27-2/h15-16,18,20,22H,3-14,17,19H2,1-2H3,(H2,25,26). The van der Waals surface area contributed by atoms with Gasteiger partial charge in [0.2, 0.25) is 5.91 Å². The third-order valence-corrected chi connectivity index (χ3v) is 5.42. The Hall–Kier alpha value is -1.51. The molecule has 1 aromatic rings. The van der Waals surface area contributed by atoms with Crippen molar-refractivity contribution in [3.63, 3.8) is 0 Å². The van der Waals surface area contributed by atoms with E-state index in [0.29, 0.717) is 6.42 Å². The summed E-state index contributed by atoms with van der Waals surface area (Å²) < 4.78 is 5.26. The molecule has 0 spiro atoms. The molecule has 0 saturated carbocycles. The summed E-state index contributed by atoms with van der Waals surface area (Å²) in [4.78, 5) is 11.8. The molecule has 0 aliphatic rings. The third kappa shape index (κ3) is 11.7. The second kappa shape index (κ2) is 15.5. The number of unbranched alkanes of at least 4 members (excludes halogenated alkanes) is 11. The number of carbonyl (C=O) groups is 1. The molecule has 1 unspecified atom stereocenters. The van der Waals surface area contributed by atoms with Crippen LogP contribution < -0.4 is 10.5 Å². The Kier molecular flexibility index (Phi) is 13.5. The van der Waals surface area contributed by atoms with Crippen LogP contribution in [0.2, 0.25) is 0 Å². The van der Waals surface area contributed by atoms with Crippen LogP contribution in [0.4, 0.5) is 0 Å². The normalized spacial score (nSPS) is 12.1. The molecule has 1 aromatic carbocycles. The van der Waals surface area contributed by atoms with Crippen molar-refractivity contribution in [2.75, 3.05) is 7.11 Å². The molecule has 154 valence electrons. The van der Waals surface area contributed by atoms with Crippen LogP contribution in [0.3, 0.4) is 0 Å². The first kappa shape index (κ1) is 23.5. The fourth-order valence-electron chi connectivity index (χ4n) is 3.66. The quantitative estimate of drug-likeness (QED) is 0.319. The van der Waals surface area contributed by atoms with Gasteiger partial charge in [0.1, 0.15) is 5.75 Å². The highest BCUT2D eigenvalue weighted by Gasteiger charge is 2.15. The molecule has 0 heterocycles. The summed E-state index contributed by atoms with van der Waals surface area (Å²) in [6.45, 7) is 2.27. The maximum absolute atomic E-state index is 11.8. The lowest BCUT2D eigenvalue weighted by Gasteiger charge is -2.14. The molecule has 0 aromatic heterocycles. The van der Waals surface area contributed by atoms with E-state index < -0.39 is 0 Å². The van der Waals surface area contributed by atoms with E-state index in [9.17, 15) is 4.79 Å². The molecule has 0 bridgehead atoms. The molecule has 3 heteroatoms. The summed E-state index contributed by atoms with van der Waals surface area (Å²) in [7, 11) is 1.66. The van der Waals surface area contributed by atoms with E-state index in [4.69, 9.17) is 10.5 Å². The minimum Gasteiger partial charge on any atom is -0.497 e. The van der Waals surface area contributed by atoms with Crippen LogP contribution in [0, 0.1) is 5.92 Å². The average Bonchev–Trinajstić information content (AvgIpc) is 2.67. The van der Waals surface area contributed by atoms with E-state index in [0.717, 1.165) is 24.2 Å². The first-order chi connectivity index (χ1) is 13.2. The van der Waals surface area contributed by atoms with Crippen molar-refractivity contribution in [2.24, 2.45) is 11.7 Å². The number of hydrogen-bond donors (Lipinski definition) is 1. The van der Waals surface area contributed by atoms with Crippen LogP contribution >= 0.6 is 0 Å². The fourth-order valence-corrected chi connectivity index (χ4v) is 3.66. The second-order valence-corrected chi connectivity index (χ2v) is 7.83. The zero-order valence-electron chi connectivity index (χ0n) is 17.7. The molecular formula is C24H41NO2. The van der Waals surface area contributed by atoms with Crippen molar-refractivity contribution in [2.45, 2.75) is 96.8 Å². The molecule has 1 amide bonds.